The van der Waals surface area contributed by atoms with Crippen LogP contribution >= 0.6 is 12.6 Å². The molecule has 0 aromatic rings. The Morgan fingerprint density at radius 2 is 1.79 bits per heavy atom. The summed E-state index contributed by atoms with van der Waals surface area (Å²) in [6.45, 7) is -0.567. The van der Waals surface area contributed by atoms with Crippen molar-refractivity contribution in [2.24, 2.45) is 5.73 Å². The SMILES string of the molecule is N#C[O-].NC(CCC(=O)NC(CS)C(=O)NCC(=O)O)C(=O)O.[Na+]. The van der Waals surface area contributed by atoms with Crippen LogP contribution in [0.5, 0.6) is 0 Å². The van der Waals surface area contributed by atoms with E-state index in [2.05, 4.69) is 23.3 Å². The molecule has 11 nitrogen and oxygen atoms in total. The van der Waals surface area contributed by atoms with Crippen molar-refractivity contribution in [1.29, 1.82) is 5.26 Å². The van der Waals surface area contributed by atoms with Crippen molar-refractivity contribution in [1.82, 2.24) is 10.6 Å². The number of rotatable bonds is 9. The Kier molecular flexibility index (Phi) is 18.6. The van der Waals surface area contributed by atoms with Gasteiger partial charge < -0.3 is 31.7 Å². The van der Waals surface area contributed by atoms with E-state index in [0.717, 1.165) is 0 Å². The molecule has 6 N–H and O–H groups in total. The minimum atomic E-state index is -1.22. The topological polar surface area (TPSA) is 206 Å². The van der Waals surface area contributed by atoms with Crippen molar-refractivity contribution in [2.75, 3.05) is 12.3 Å². The van der Waals surface area contributed by atoms with Crippen LogP contribution in [0.25, 0.3) is 0 Å². The number of nitrogens with zero attached hydrogens (tertiary/aromatic N) is 1. The summed E-state index contributed by atoms with van der Waals surface area (Å²) in [5.74, 6) is -3.70. The normalized spacial score (nSPS) is 11.2. The Balaban J connectivity index is -0.00000102. The summed E-state index contributed by atoms with van der Waals surface area (Å²) >= 11 is 3.87. The molecule has 2 unspecified atom stereocenters. The molecule has 0 radical (unpaired) electrons. The number of amides is 2. The van der Waals surface area contributed by atoms with E-state index in [1.165, 1.54) is 0 Å². The molecule has 0 spiro atoms. The second-order valence-corrected chi connectivity index (χ2v) is 4.35. The number of nitrogens with one attached hydrogen (secondary N) is 2. The molecule has 0 bridgehead atoms. The van der Waals surface area contributed by atoms with Crippen LogP contribution in [-0.2, 0) is 19.2 Å². The maximum atomic E-state index is 11.5. The molecule has 0 saturated carbocycles. The van der Waals surface area contributed by atoms with Gasteiger partial charge in [0.05, 0.1) is 0 Å². The summed E-state index contributed by atoms with van der Waals surface area (Å²) < 4.78 is 0. The van der Waals surface area contributed by atoms with Gasteiger partial charge in [-0.25, -0.2) is 5.26 Å². The Bertz CT molecular complexity index is 472. The van der Waals surface area contributed by atoms with Crippen LogP contribution in [0.2, 0.25) is 0 Å². The van der Waals surface area contributed by atoms with Gasteiger partial charge in [0.2, 0.25) is 11.8 Å². The summed E-state index contributed by atoms with van der Waals surface area (Å²) in [4.78, 5) is 43.7. The first kappa shape index (κ1) is 27.3. The third-order valence-electron chi connectivity index (χ3n) is 2.25. The Labute approximate surface area is 165 Å². The zero-order valence-electron chi connectivity index (χ0n) is 12.9. The van der Waals surface area contributed by atoms with Crippen molar-refractivity contribution < 1.29 is 64.1 Å². The van der Waals surface area contributed by atoms with E-state index in [1.807, 2.05) is 0 Å². The quantitative estimate of drug-likeness (QED) is 0.129. The van der Waals surface area contributed by atoms with E-state index in [1.54, 1.807) is 0 Å². The second kappa shape index (κ2) is 16.3. The van der Waals surface area contributed by atoms with Gasteiger partial charge in [-0.2, -0.15) is 12.6 Å². The molecule has 0 rings (SSSR count). The van der Waals surface area contributed by atoms with Crippen LogP contribution in [0.15, 0.2) is 0 Å². The van der Waals surface area contributed by atoms with E-state index < -0.39 is 42.4 Å². The molecule has 0 fully saturated rings. The summed E-state index contributed by atoms with van der Waals surface area (Å²) in [6, 6.07) is -2.15. The van der Waals surface area contributed by atoms with Gasteiger partial charge in [-0.15, -0.1) is 0 Å². The van der Waals surface area contributed by atoms with Gasteiger partial charge >= 0.3 is 41.5 Å². The third kappa shape index (κ3) is 15.4. The minimum absolute atomic E-state index is 0. The van der Waals surface area contributed by atoms with Crippen LogP contribution in [-0.4, -0.2) is 58.3 Å². The fourth-order valence-electron chi connectivity index (χ4n) is 1.16. The van der Waals surface area contributed by atoms with Gasteiger partial charge in [0, 0.05) is 18.4 Å². The smallest absolute Gasteiger partial charge is 0.812 e. The van der Waals surface area contributed by atoms with Crippen LogP contribution < -0.4 is 51.0 Å². The molecular weight excluding hydrogens is 355 g/mol. The number of nitrogens with two attached hydrogens (primary N) is 1. The predicted molar refractivity (Wildman–Crippen MR) is 76.9 cm³/mol. The maximum absolute atomic E-state index is 11.5. The molecule has 0 aromatic carbocycles. The van der Waals surface area contributed by atoms with Gasteiger partial charge in [0.15, 0.2) is 0 Å². The van der Waals surface area contributed by atoms with Crippen LogP contribution in [0.4, 0.5) is 0 Å². The number of carbonyl (C=O) groups is 4. The van der Waals surface area contributed by atoms with Gasteiger partial charge in [0.25, 0.3) is 0 Å². The molecule has 2 atom stereocenters. The molecule has 0 heterocycles. The van der Waals surface area contributed by atoms with E-state index in [9.17, 15) is 19.2 Å². The third-order valence-corrected chi connectivity index (χ3v) is 2.61. The molecule has 0 aliphatic carbocycles. The van der Waals surface area contributed by atoms with Gasteiger partial charge in [-0.3, -0.25) is 19.2 Å². The van der Waals surface area contributed by atoms with E-state index in [4.69, 9.17) is 26.3 Å². The number of aliphatic carboxylic acids is 2. The first-order valence-electron chi connectivity index (χ1n) is 6.08. The molecule has 130 valence electrons. The van der Waals surface area contributed by atoms with Gasteiger partial charge in [-0.1, -0.05) is 0 Å². The Hall–Kier alpha value is -1.52. The van der Waals surface area contributed by atoms with Crippen molar-refractivity contribution in [2.45, 2.75) is 24.9 Å². The molecule has 24 heavy (non-hydrogen) atoms. The summed E-state index contributed by atoms with van der Waals surface area (Å²) in [5.41, 5.74) is 5.23. The molecule has 2 amide bonds. The number of hydrogen-bond donors (Lipinski definition) is 6. The fraction of sp³-hybridized carbons (Fsp3) is 0.545. The number of carbonyl (C=O) groups excluding carboxylic acids is 2. The van der Waals surface area contributed by atoms with Crippen molar-refractivity contribution in [3.63, 3.8) is 0 Å². The van der Waals surface area contributed by atoms with Crippen LogP contribution in [0.3, 0.4) is 0 Å². The fourth-order valence-corrected chi connectivity index (χ4v) is 1.41. The summed E-state index contributed by atoms with van der Waals surface area (Å²) in [7, 11) is 0. The van der Waals surface area contributed by atoms with Gasteiger partial charge in [0.1, 0.15) is 18.6 Å². The van der Waals surface area contributed by atoms with Crippen LogP contribution in [0, 0.1) is 11.5 Å². The number of nitriles is 1. The molecule has 0 aromatic heterocycles. The van der Waals surface area contributed by atoms with E-state index in [0.29, 0.717) is 6.26 Å². The minimum Gasteiger partial charge on any atom is -0.812 e. The maximum Gasteiger partial charge on any atom is 1.00 e. The average Bonchev–Trinajstić information content (AvgIpc) is 2.48. The molecular formula is C11H17N4NaO7S. The number of carboxylic acids is 2. The van der Waals surface area contributed by atoms with Crippen LogP contribution in [0.1, 0.15) is 12.8 Å². The predicted octanol–water partition coefficient (Wildman–Crippen LogP) is -6.37. The summed E-state index contributed by atoms with van der Waals surface area (Å²) in [6.07, 6.45) is 0.265. The molecule has 13 heteroatoms. The van der Waals surface area contributed by atoms with Crippen molar-refractivity contribution >= 4 is 36.4 Å². The van der Waals surface area contributed by atoms with E-state index in [-0.39, 0.29) is 48.2 Å². The zero-order chi connectivity index (χ0) is 18.4. The largest absolute Gasteiger partial charge is 1.00 e. The molecule has 0 saturated heterocycles. The van der Waals surface area contributed by atoms with Gasteiger partial charge in [-0.05, 0) is 6.42 Å². The second-order valence-electron chi connectivity index (χ2n) is 3.99. The molecule has 0 aliphatic heterocycles. The number of hydrogen-bond acceptors (Lipinski definition) is 8. The van der Waals surface area contributed by atoms with Crippen molar-refractivity contribution in [3.8, 4) is 6.26 Å². The Morgan fingerprint density at radius 3 is 2.17 bits per heavy atom. The first-order valence-corrected chi connectivity index (χ1v) is 6.72. The number of carboxylic acid groups (broad SMARTS) is 2. The number of thiol groups is 1. The standard InChI is InChI=1S/C10H17N3O6S.CHNO.Na/c11-5(10(18)19)1-2-7(14)13-6(4-20)9(17)12-3-8(15)16;2-1-3;/h5-6,20H,1-4,11H2,(H,12,17)(H,13,14)(H,15,16)(H,18,19);3H;/q;;+1/p-1. The zero-order valence-corrected chi connectivity index (χ0v) is 15.8. The summed E-state index contributed by atoms with van der Waals surface area (Å²) in [5, 5.41) is 36.4. The Morgan fingerprint density at radius 1 is 1.29 bits per heavy atom. The van der Waals surface area contributed by atoms with E-state index >= 15 is 0 Å². The molecule has 0 aliphatic rings. The first-order chi connectivity index (χ1) is 10.7. The monoisotopic (exact) mass is 372 g/mol. The van der Waals surface area contributed by atoms with Crippen molar-refractivity contribution in [3.05, 3.63) is 0 Å². The average molecular weight is 372 g/mol.